The van der Waals surface area contributed by atoms with E-state index in [9.17, 15) is 9.59 Å². The predicted molar refractivity (Wildman–Crippen MR) is 73.5 cm³/mol. The summed E-state index contributed by atoms with van der Waals surface area (Å²) in [6.07, 6.45) is 5.14. The number of aromatic nitrogens is 1. The first-order chi connectivity index (χ1) is 10.1. The van der Waals surface area contributed by atoms with Crippen molar-refractivity contribution in [2.24, 2.45) is 0 Å². The molecule has 1 aromatic rings. The van der Waals surface area contributed by atoms with Gasteiger partial charge in [-0.3, -0.25) is 9.88 Å². The summed E-state index contributed by atoms with van der Waals surface area (Å²) in [6.45, 7) is 1.25. The third-order valence-corrected chi connectivity index (χ3v) is 3.36. The number of ether oxygens (including phenoxy) is 2. The summed E-state index contributed by atoms with van der Waals surface area (Å²) in [5, 5.41) is 3.49. The topological polar surface area (TPSA) is 80.8 Å². The Bertz CT molecular complexity index is 599. The normalized spacial score (nSPS) is 20.9. The summed E-state index contributed by atoms with van der Waals surface area (Å²) < 4.78 is 10.7. The molecule has 1 fully saturated rings. The third kappa shape index (κ3) is 2.70. The minimum absolute atomic E-state index is 0.151. The second kappa shape index (κ2) is 5.34. The second-order valence-electron chi connectivity index (χ2n) is 4.58. The van der Waals surface area contributed by atoms with Crippen LogP contribution in [0.25, 0.3) is 0 Å². The maximum atomic E-state index is 11.7. The van der Waals surface area contributed by atoms with E-state index >= 15 is 0 Å². The molecular weight excluding hydrogens is 298 g/mol. The molecule has 0 saturated carbocycles. The summed E-state index contributed by atoms with van der Waals surface area (Å²) in [6, 6.07) is 1.67. The SMILES string of the molecule is O=C1C=CC(=O)OC2(CNCCN2c2cncc(Cl)c2)O1. The number of rotatable bonds is 1. The van der Waals surface area contributed by atoms with Crippen molar-refractivity contribution in [3.63, 3.8) is 0 Å². The highest BCUT2D eigenvalue weighted by atomic mass is 35.5. The number of carbonyl (C=O) groups is 2. The van der Waals surface area contributed by atoms with Crippen molar-refractivity contribution in [2.45, 2.75) is 5.91 Å². The van der Waals surface area contributed by atoms with E-state index in [-0.39, 0.29) is 6.54 Å². The Morgan fingerprint density at radius 2 is 1.95 bits per heavy atom. The number of halogens is 1. The number of piperazine rings is 1. The Morgan fingerprint density at radius 1 is 1.24 bits per heavy atom. The van der Waals surface area contributed by atoms with Crippen molar-refractivity contribution in [1.82, 2.24) is 10.3 Å². The molecule has 1 saturated heterocycles. The molecule has 110 valence electrons. The van der Waals surface area contributed by atoms with Crippen LogP contribution < -0.4 is 10.2 Å². The average molecular weight is 310 g/mol. The largest absolute Gasteiger partial charge is 0.399 e. The summed E-state index contributed by atoms with van der Waals surface area (Å²) in [4.78, 5) is 29.1. The molecule has 0 amide bonds. The van der Waals surface area contributed by atoms with Crippen LogP contribution in [0, 0.1) is 0 Å². The van der Waals surface area contributed by atoms with Crippen LogP contribution >= 0.6 is 11.6 Å². The van der Waals surface area contributed by atoms with E-state index in [1.54, 1.807) is 17.2 Å². The summed E-state index contributed by atoms with van der Waals surface area (Å²) in [5.41, 5.74) is 0.603. The molecule has 1 aromatic heterocycles. The van der Waals surface area contributed by atoms with Gasteiger partial charge in [-0.2, -0.15) is 0 Å². The van der Waals surface area contributed by atoms with E-state index in [0.717, 1.165) is 12.2 Å². The van der Waals surface area contributed by atoms with Crippen LogP contribution in [-0.4, -0.2) is 42.5 Å². The van der Waals surface area contributed by atoms with Gasteiger partial charge in [0.2, 0.25) is 0 Å². The Kier molecular flexibility index (Phi) is 3.52. The number of hydrogen-bond donors (Lipinski definition) is 1. The Balaban J connectivity index is 2.01. The summed E-state index contributed by atoms with van der Waals surface area (Å²) >= 11 is 5.95. The van der Waals surface area contributed by atoms with Crippen LogP contribution in [0.1, 0.15) is 0 Å². The van der Waals surface area contributed by atoms with Crippen LogP contribution in [0.2, 0.25) is 5.02 Å². The van der Waals surface area contributed by atoms with Crippen LogP contribution in [-0.2, 0) is 19.1 Å². The lowest BCUT2D eigenvalue weighted by Crippen LogP contribution is -2.65. The fourth-order valence-electron chi connectivity index (χ4n) is 2.30. The molecular formula is C13H12ClN3O4. The van der Waals surface area contributed by atoms with E-state index in [1.165, 1.54) is 6.20 Å². The molecule has 0 unspecified atom stereocenters. The Labute approximate surface area is 125 Å². The smallest absolute Gasteiger partial charge is 0.356 e. The number of pyridine rings is 1. The van der Waals surface area contributed by atoms with Gasteiger partial charge >= 0.3 is 17.8 Å². The van der Waals surface area contributed by atoms with Gasteiger partial charge in [-0.25, -0.2) is 9.59 Å². The Morgan fingerprint density at radius 3 is 2.62 bits per heavy atom. The quantitative estimate of drug-likeness (QED) is 0.755. The van der Waals surface area contributed by atoms with E-state index in [2.05, 4.69) is 10.3 Å². The van der Waals surface area contributed by atoms with Gasteiger partial charge in [0, 0.05) is 31.4 Å². The maximum Gasteiger partial charge on any atom is 0.356 e. The minimum atomic E-state index is -1.54. The van der Waals surface area contributed by atoms with Crippen LogP contribution in [0.5, 0.6) is 0 Å². The van der Waals surface area contributed by atoms with Crippen molar-refractivity contribution in [3.8, 4) is 0 Å². The van der Waals surface area contributed by atoms with E-state index in [0.29, 0.717) is 23.8 Å². The van der Waals surface area contributed by atoms with Crippen molar-refractivity contribution in [2.75, 3.05) is 24.5 Å². The lowest BCUT2D eigenvalue weighted by Gasteiger charge is -2.44. The van der Waals surface area contributed by atoms with Gasteiger partial charge in [0.1, 0.15) is 0 Å². The zero-order valence-electron chi connectivity index (χ0n) is 10.9. The van der Waals surface area contributed by atoms with E-state index in [4.69, 9.17) is 21.1 Å². The highest BCUT2D eigenvalue weighted by Gasteiger charge is 2.47. The first-order valence-corrected chi connectivity index (χ1v) is 6.70. The third-order valence-electron chi connectivity index (χ3n) is 3.15. The molecule has 0 aliphatic carbocycles. The zero-order chi connectivity index (χ0) is 14.9. The van der Waals surface area contributed by atoms with Crippen LogP contribution in [0.3, 0.4) is 0 Å². The first-order valence-electron chi connectivity index (χ1n) is 6.32. The van der Waals surface area contributed by atoms with Crippen LogP contribution in [0.15, 0.2) is 30.6 Å². The molecule has 3 heterocycles. The predicted octanol–water partition coefficient (Wildman–Crippen LogP) is 0.455. The van der Waals surface area contributed by atoms with Gasteiger partial charge < -0.3 is 14.8 Å². The highest BCUT2D eigenvalue weighted by Crippen LogP contribution is 2.30. The molecule has 21 heavy (non-hydrogen) atoms. The number of carbonyl (C=O) groups excluding carboxylic acids is 2. The number of nitrogens with zero attached hydrogens (tertiary/aromatic N) is 2. The second-order valence-corrected chi connectivity index (χ2v) is 5.01. The molecule has 0 aromatic carbocycles. The average Bonchev–Trinajstić information content (AvgIpc) is 2.58. The van der Waals surface area contributed by atoms with Crippen molar-refractivity contribution < 1.29 is 19.1 Å². The zero-order valence-corrected chi connectivity index (χ0v) is 11.7. The summed E-state index contributed by atoms with van der Waals surface area (Å²) in [5.74, 6) is -2.84. The standard InChI is InChI=1S/C13H12ClN3O4/c14-9-5-10(7-16-6-9)17-4-3-15-8-13(17)20-11(18)1-2-12(19)21-13/h1-2,5-7,15H,3-4,8H2. The fraction of sp³-hybridized carbons (Fsp3) is 0.308. The number of hydrogen-bond acceptors (Lipinski definition) is 7. The number of anilines is 1. The van der Waals surface area contributed by atoms with Gasteiger partial charge in [-0.05, 0) is 6.07 Å². The molecule has 7 nitrogen and oxygen atoms in total. The van der Waals surface area contributed by atoms with E-state index < -0.39 is 17.8 Å². The van der Waals surface area contributed by atoms with Gasteiger partial charge in [0.05, 0.1) is 23.5 Å². The van der Waals surface area contributed by atoms with Crippen molar-refractivity contribution in [1.29, 1.82) is 0 Å². The van der Waals surface area contributed by atoms with Gasteiger partial charge in [0.25, 0.3) is 0 Å². The monoisotopic (exact) mass is 309 g/mol. The molecule has 2 aliphatic rings. The Hall–Kier alpha value is -2.12. The van der Waals surface area contributed by atoms with Crippen molar-refractivity contribution in [3.05, 3.63) is 35.6 Å². The lowest BCUT2D eigenvalue weighted by atomic mass is 10.2. The summed E-state index contributed by atoms with van der Waals surface area (Å²) in [7, 11) is 0. The first kappa shape index (κ1) is 13.8. The van der Waals surface area contributed by atoms with Gasteiger partial charge in [0.15, 0.2) is 0 Å². The number of nitrogens with one attached hydrogen (secondary N) is 1. The fourth-order valence-corrected chi connectivity index (χ4v) is 2.47. The van der Waals surface area contributed by atoms with Crippen molar-refractivity contribution >= 4 is 29.2 Å². The van der Waals surface area contributed by atoms with Gasteiger partial charge in [-0.15, -0.1) is 0 Å². The number of esters is 2. The minimum Gasteiger partial charge on any atom is -0.399 e. The molecule has 0 radical (unpaired) electrons. The molecule has 0 bridgehead atoms. The van der Waals surface area contributed by atoms with Gasteiger partial charge in [-0.1, -0.05) is 11.6 Å². The molecule has 1 spiro atoms. The molecule has 2 aliphatic heterocycles. The van der Waals surface area contributed by atoms with E-state index in [1.807, 2.05) is 0 Å². The molecule has 1 N–H and O–H groups in total. The molecule has 3 rings (SSSR count). The highest BCUT2D eigenvalue weighted by molar-refractivity contribution is 6.30. The molecule has 8 heteroatoms. The lowest BCUT2D eigenvalue weighted by molar-refractivity contribution is -0.221. The van der Waals surface area contributed by atoms with Crippen LogP contribution in [0.4, 0.5) is 5.69 Å². The maximum absolute atomic E-state index is 11.7. The molecule has 0 atom stereocenters.